The van der Waals surface area contributed by atoms with Crippen molar-refractivity contribution in [3.8, 4) is 11.3 Å². The lowest BCUT2D eigenvalue weighted by molar-refractivity contribution is 0.945. The fourth-order valence-corrected chi connectivity index (χ4v) is 2.71. The van der Waals surface area contributed by atoms with Crippen LogP contribution in [0.4, 0.5) is 5.82 Å². The van der Waals surface area contributed by atoms with Gasteiger partial charge in [-0.3, -0.25) is 9.20 Å². The van der Waals surface area contributed by atoms with E-state index in [1.165, 1.54) is 5.56 Å². The molecule has 1 aliphatic rings. The molecule has 0 fully saturated rings. The van der Waals surface area contributed by atoms with Gasteiger partial charge in [0, 0.05) is 37.7 Å². The van der Waals surface area contributed by atoms with E-state index in [0.29, 0.717) is 5.65 Å². The number of rotatable bonds is 1. The highest BCUT2D eigenvalue weighted by Crippen LogP contribution is 2.28. The predicted octanol–water partition coefficient (Wildman–Crippen LogP) is 1.08. The molecule has 3 aromatic rings. The third-order valence-electron chi connectivity index (χ3n) is 3.75. The van der Waals surface area contributed by atoms with Gasteiger partial charge in [0.25, 0.3) is 5.56 Å². The average Bonchev–Trinajstić information content (AvgIpc) is 3.04. The molecule has 0 spiro atoms. The minimum absolute atomic E-state index is 0.187. The molecule has 4 rings (SSSR count). The standard InChI is InChI=1S/C14H13N5O/c1-18-4-2-9-6-10(7-16-12(9)18)11-8-17-13-14(20)15-3-5-19(11)13/h3,5-8H,2,4H2,1H3,(H,15,20). The zero-order chi connectivity index (χ0) is 13.7. The summed E-state index contributed by atoms with van der Waals surface area (Å²) in [6.45, 7) is 0.999. The van der Waals surface area contributed by atoms with Crippen molar-refractivity contribution in [2.75, 3.05) is 18.5 Å². The first-order valence-corrected chi connectivity index (χ1v) is 6.49. The highest BCUT2D eigenvalue weighted by Gasteiger charge is 2.18. The minimum atomic E-state index is -0.187. The molecule has 1 N–H and O–H groups in total. The van der Waals surface area contributed by atoms with E-state index < -0.39 is 0 Å². The van der Waals surface area contributed by atoms with Crippen molar-refractivity contribution in [2.24, 2.45) is 0 Å². The molecule has 3 aromatic heterocycles. The van der Waals surface area contributed by atoms with E-state index >= 15 is 0 Å². The molecule has 0 aromatic carbocycles. The molecule has 0 atom stereocenters. The molecule has 100 valence electrons. The monoisotopic (exact) mass is 267 g/mol. The number of aromatic nitrogens is 4. The Hall–Kier alpha value is -2.63. The summed E-state index contributed by atoms with van der Waals surface area (Å²) < 4.78 is 1.79. The summed E-state index contributed by atoms with van der Waals surface area (Å²) in [5.74, 6) is 1.04. The maximum absolute atomic E-state index is 11.7. The highest BCUT2D eigenvalue weighted by molar-refractivity contribution is 5.66. The smallest absolute Gasteiger partial charge is 0.291 e. The zero-order valence-corrected chi connectivity index (χ0v) is 11.0. The first-order chi connectivity index (χ1) is 9.74. The predicted molar refractivity (Wildman–Crippen MR) is 76.0 cm³/mol. The van der Waals surface area contributed by atoms with Gasteiger partial charge in [-0.25, -0.2) is 9.97 Å². The SMILES string of the molecule is CN1CCc2cc(-c3cnc4c(=O)[nH]ccn34)cnc21. The second-order valence-corrected chi connectivity index (χ2v) is 5.00. The molecule has 0 saturated heterocycles. The quantitative estimate of drug-likeness (QED) is 0.716. The fraction of sp³-hybridized carbons (Fsp3) is 0.214. The van der Waals surface area contributed by atoms with Gasteiger partial charge < -0.3 is 9.88 Å². The largest absolute Gasteiger partial charge is 0.359 e. The molecule has 0 amide bonds. The van der Waals surface area contributed by atoms with Crippen LogP contribution in [0.2, 0.25) is 0 Å². The van der Waals surface area contributed by atoms with Gasteiger partial charge in [0.05, 0.1) is 11.9 Å². The van der Waals surface area contributed by atoms with Crippen LogP contribution in [-0.4, -0.2) is 32.9 Å². The first kappa shape index (κ1) is 11.2. The molecule has 4 heterocycles. The van der Waals surface area contributed by atoms with Crippen molar-refractivity contribution in [1.82, 2.24) is 19.4 Å². The van der Waals surface area contributed by atoms with Crippen LogP contribution in [0.1, 0.15) is 5.56 Å². The topological polar surface area (TPSA) is 66.3 Å². The van der Waals surface area contributed by atoms with E-state index in [9.17, 15) is 4.79 Å². The maximum atomic E-state index is 11.7. The lowest BCUT2D eigenvalue weighted by Crippen LogP contribution is -2.13. The minimum Gasteiger partial charge on any atom is -0.359 e. The van der Waals surface area contributed by atoms with E-state index in [-0.39, 0.29) is 5.56 Å². The van der Waals surface area contributed by atoms with E-state index in [1.54, 1.807) is 23.0 Å². The van der Waals surface area contributed by atoms with Crippen LogP contribution in [-0.2, 0) is 6.42 Å². The van der Waals surface area contributed by atoms with E-state index in [1.807, 2.05) is 13.2 Å². The van der Waals surface area contributed by atoms with Gasteiger partial charge in [-0.2, -0.15) is 0 Å². The van der Waals surface area contributed by atoms with Crippen molar-refractivity contribution in [3.63, 3.8) is 0 Å². The van der Waals surface area contributed by atoms with Gasteiger partial charge in [-0.15, -0.1) is 0 Å². The summed E-state index contributed by atoms with van der Waals surface area (Å²) >= 11 is 0. The first-order valence-electron chi connectivity index (χ1n) is 6.49. The number of hydrogen-bond donors (Lipinski definition) is 1. The van der Waals surface area contributed by atoms with E-state index in [0.717, 1.165) is 30.0 Å². The molecule has 1 aliphatic heterocycles. The lowest BCUT2D eigenvalue weighted by atomic mass is 10.1. The Labute approximate surface area is 114 Å². The summed E-state index contributed by atoms with van der Waals surface area (Å²) in [5, 5.41) is 0. The third kappa shape index (κ3) is 1.48. The van der Waals surface area contributed by atoms with Crippen LogP contribution in [0.3, 0.4) is 0 Å². The number of likely N-dealkylation sites (N-methyl/N-ethyl adjacent to an activating group) is 1. The normalized spacial score (nSPS) is 13.9. The molecule has 0 unspecified atom stereocenters. The van der Waals surface area contributed by atoms with E-state index in [4.69, 9.17) is 0 Å². The van der Waals surface area contributed by atoms with Crippen LogP contribution in [0.25, 0.3) is 16.9 Å². The van der Waals surface area contributed by atoms with Gasteiger partial charge in [0.15, 0.2) is 0 Å². The van der Waals surface area contributed by atoms with Gasteiger partial charge >= 0.3 is 0 Å². The summed E-state index contributed by atoms with van der Waals surface area (Å²) in [5.41, 5.74) is 3.32. The van der Waals surface area contributed by atoms with Crippen LogP contribution >= 0.6 is 0 Å². The second-order valence-electron chi connectivity index (χ2n) is 5.00. The number of nitrogens with zero attached hydrogens (tertiary/aromatic N) is 4. The molecule has 6 heteroatoms. The molecule has 6 nitrogen and oxygen atoms in total. The Morgan fingerprint density at radius 3 is 3.10 bits per heavy atom. The van der Waals surface area contributed by atoms with Crippen LogP contribution in [0.5, 0.6) is 0 Å². The molecule has 0 radical (unpaired) electrons. The molecular weight excluding hydrogens is 254 g/mol. The lowest BCUT2D eigenvalue weighted by Gasteiger charge is -2.10. The Morgan fingerprint density at radius 2 is 2.20 bits per heavy atom. The maximum Gasteiger partial charge on any atom is 0.291 e. The zero-order valence-electron chi connectivity index (χ0n) is 11.0. The average molecular weight is 267 g/mol. The number of H-pyrrole nitrogens is 1. The van der Waals surface area contributed by atoms with Gasteiger partial charge in [-0.1, -0.05) is 0 Å². The summed E-state index contributed by atoms with van der Waals surface area (Å²) in [6.07, 6.45) is 7.98. The van der Waals surface area contributed by atoms with Gasteiger partial charge in [-0.05, 0) is 18.1 Å². The molecule has 20 heavy (non-hydrogen) atoms. The number of pyridine rings is 1. The van der Waals surface area contributed by atoms with Gasteiger partial charge in [0.2, 0.25) is 5.65 Å². The van der Waals surface area contributed by atoms with Crippen molar-refractivity contribution < 1.29 is 0 Å². The van der Waals surface area contributed by atoms with Crippen molar-refractivity contribution in [1.29, 1.82) is 0 Å². The number of hydrogen-bond acceptors (Lipinski definition) is 4. The fourth-order valence-electron chi connectivity index (χ4n) is 2.71. The number of nitrogens with one attached hydrogen (secondary N) is 1. The van der Waals surface area contributed by atoms with Crippen molar-refractivity contribution >= 4 is 11.5 Å². The third-order valence-corrected chi connectivity index (χ3v) is 3.75. The molecule has 0 saturated carbocycles. The second kappa shape index (κ2) is 3.93. The Bertz CT molecular complexity index is 863. The molecular formula is C14H13N5O. The Morgan fingerprint density at radius 1 is 1.30 bits per heavy atom. The summed E-state index contributed by atoms with van der Waals surface area (Å²) in [7, 11) is 2.05. The van der Waals surface area contributed by atoms with Crippen LogP contribution in [0.15, 0.2) is 35.6 Å². The van der Waals surface area contributed by atoms with Crippen LogP contribution < -0.4 is 10.5 Å². The number of aromatic amines is 1. The molecule has 0 bridgehead atoms. The van der Waals surface area contributed by atoms with Crippen molar-refractivity contribution in [2.45, 2.75) is 6.42 Å². The number of fused-ring (bicyclic) bond motifs is 2. The number of imidazole rings is 1. The van der Waals surface area contributed by atoms with Crippen LogP contribution in [0, 0.1) is 0 Å². The number of anilines is 1. The Balaban J connectivity index is 1.92. The summed E-state index contributed by atoms with van der Waals surface area (Å²) in [4.78, 5) is 25.2. The van der Waals surface area contributed by atoms with E-state index in [2.05, 4.69) is 25.9 Å². The highest BCUT2D eigenvalue weighted by atomic mass is 16.1. The Kier molecular flexibility index (Phi) is 2.20. The van der Waals surface area contributed by atoms with Gasteiger partial charge in [0.1, 0.15) is 5.82 Å². The molecule has 0 aliphatic carbocycles. The summed E-state index contributed by atoms with van der Waals surface area (Å²) in [6, 6.07) is 2.14. The van der Waals surface area contributed by atoms with Crippen molar-refractivity contribution in [3.05, 3.63) is 46.8 Å².